The van der Waals surface area contributed by atoms with Crippen molar-refractivity contribution in [1.29, 1.82) is 0 Å². The maximum absolute atomic E-state index is 12.5. The molecule has 1 saturated heterocycles. The van der Waals surface area contributed by atoms with Gasteiger partial charge in [0.15, 0.2) is 0 Å². The van der Waals surface area contributed by atoms with Gasteiger partial charge < -0.3 is 15.3 Å². The van der Waals surface area contributed by atoms with Crippen molar-refractivity contribution in [2.75, 3.05) is 18.8 Å². The van der Waals surface area contributed by atoms with Crippen molar-refractivity contribution in [3.63, 3.8) is 0 Å². The second kappa shape index (κ2) is 6.20. The van der Waals surface area contributed by atoms with Gasteiger partial charge >= 0.3 is 12.0 Å². The molecule has 3 rings (SSSR count). The fourth-order valence-electron chi connectivity index (χ4n) is 3.22. The normalized spacial score (nSPS) is 27.3. The molecule has 0 aromatic heterocycles. The lowest BCUT2D eigenvalue weighted by molar-refractivity contribution is -0.143. The van der Waals surface area contributed by atoms with Crippen LogP contribution < -0.4 is 5.32 Å². The molecule has 3 atom stereocenters. The van der Waals surface area contributed by atoms with Crippen molar-refractivity contribution < 1.29 is 14.7 Å². The van der Waals surface area contributed by atoms with Crippen LogP contribution in [0, 0.1) is 11.8 Å². The molecule has 22 heavy (non-hydrogen) atoms. The molecule has 1 aromatic carbocycles. The number of nitrogens with one attached hydrogen (secondary N) is 1. The summed E-state index contributed by atoms with van der Waals surface area (Å²) in [6.45, 7) is 2.92. The molecule has 5 nitrogen and oxygen atoms in total. The Morgan fingerprint density at radius 1 is 1.32 bits per heavy atom. The SMILES string of the molecule is CC1CC(C(=O)O)CN(C(=O)NC2CSc3ccccc32)C1. The zero-order valence-corrected chi connectivity index (χ0v) is 13.3. The average molecular weight is 320 g/mol. The number of carbonyl (C=O) groups excluding carboxylic acids is 1. The first-order valence-corrected chi connectivity index (χ1v) is 8.53. The first-order chi connectivity index (χ1) is 10.5. The molecular weight excluding hydrogens is 300 g/mol. The second-order valence-corrected chi connectivity index (χ2v) is 7.19. The fourth-order valence-corrected chi connectivity index (χ4v) is 4.38. The van der Waals surface area contributed by atoms with Crippen LogP contribution in [0.15, 0.2) is 29.2 Å². The van der Waals surface area contributed by atoms with E-state index in [0.29, 0.717) is 19.5 Å². The van der Waals surface area contributed by atoms with E-state index in [0.717, 1.165) is 11.3 Å². The molecule has 118 valence electrons. The number of nitrogens with zero attached hydrogens (tertiary/aromatic N) is 1. The van der Waals surface area contributed by atoms with E-state index in [1.165, 1.54) is 4.90 Å². The molecule has 0 radical (unpaired) electrons. The summed E-state index contributed by atoms with van der Waals surface area (Å²) in [5.41, 5.74) is 1.15. The van der Waals surface area contributed by atoms with E-state index < -0.39 is 11.9 Å². The second-order valence-electron chi connectivity index (χ2n) is 6.13. The molecule has 0 aliphatic carbocycles. The first kappa shape index (κ1) is 15.2. The lowest BCUT2D eigenvalue weighted by atomic mass is 9.91. The number of rotatable bonds is 2. The molecule has 6 heteroatoms. The van der Waals surface area contributed by atoms with Crippen LogP contribution in [0.5, 0.6) is 0 Å². The van der Waals surface area contributed by atoms with Gasteiger partial charge in [-0.15, -0.1) is 11.8 Å². The zero-order chi connectivity index (χ0) is 15.7. The molecule has 1 aromatic rings. The minimum atomic E-state index is -0.814. The van der Waals surface area contributed by atoms with Gasteiger partial charge in [0, 0.05) is 23.7 Å². The van der Waals surface area contributed by atoms with Gasteiger partial charge in [-0.25, -0.2) is 4.79 Å². The number of hydrogen-bond donors (Lipinski definition) is 2. The molecular formula is C16H20N2O3S. The monoisotopic (exact) mass is 320 g/mol. The number of fused-ring (bicyclic) bond motifs is 1. The molecule has 2 amide bonds. The van der Waals surface area contributed by atoms with Gasteiger partial charge in [-0.2, -0.15) is 0 Å². The van der Waals surface area contributed by atoms with Gasteiger partial charge in [0.2, 0.25) is 0 Å². The van der Waals surface area contributed by atoms with Gasteiger partial charge in [-0.05, 0) is 24.0 Å². The van der Waals surface area contributed by atoms with Crippen molar-refractivity contribution in [3.05, 3.63) is 29.8 Å². The molecule has 2 N–H and O–H groups in total. The highest BCUT2D eigenvalue weighted by atomic mass is 32.2. The number of hydrogen-bond acceptors (Lipinski definition) is 3. The summed E-state index contributed by atoms with van der Waals surface area (Å²) in [6, 6.07) is 7.94. The Morgan fingerprint density at radius 3 is 2.86 bits per heavy atom. The van der Waals surface area contributed by atoms with Gasteiger partial charge in [-0.3, -0.25) is 4.79 Å². The third kappa shape index (κ3) is 3.06. The van der Waals surface area contributed by atoms with Crippen molar-refractivity contribution >= 4 is 23.8 Å². The third-order valence-corrected chi connectivity index (χ3v) is 5.48. The molecule has 1 fully saturated rings. The fraction of sp³-hybridized carbons (Fsp3) is 0.500. The molecule has 0 spiro atoms. The van der Waals surface area contributed by atoms with E-state index >= 15 is 0 Å². The highest BCUT2D eigenvalue weighted by Crippen LogP contribution is 2.37. The smallest absolute Gasteiger partial charge is 0.317 e. The summed E-state index contributed by atoms with van der Waals surface area (Å²) in [7, 11) is 0. The standard InChI is InChI=1S/C16H20N2O3S/c1-10-6-11(15(19)20)8-18(7-10)16(21)17-13-9-22-14-5-3-2-4-12(13)14/h2-5,10-11,13H,6-9H2,1H3,(H,17,21)(H,19,20). The maximum atomic E-state index is 12.5. The van der Waals surface area contributed by atoms with E-state index in [9.17, 15) is 14.7 Å². The lowest BCUT2D eigenvalue weighted by Crippen LogP contribution is -2.50. The first-order valence-electron chi connectivity index (χ1n) is 7.54. The largest absolute Gasteiger partial charge is 0.481 e. The summed E-state index contributed by atoms with van der Waals surface area (Å²) >= 11 is 1.74. The molecule has 3 unspecified atom stereocenters. The Morgan fingerprint density at radius 2 is 2.09 bits per heavy atom. The Hall–Kier alpha value is -1.69. The number of carboxylic acids is 1. The number of urea groups is 1. The van der Waals surface area contributed by atoms with Crippen LogP contribution in [0.4, 0.5) is 4.79 Å². The Kier molecular flexibility index (Phi) is 4.29. The van der Waals surface area contributed by atoms with E-state index in [1.54, 1.807) is 16.7 Å². The quantitative estimate of drug-likeness (QED) is 0.879. The molecule has 2 heterocycles. The zero-order valence-electron chi connectivity index (χ0n) is 12.5. The molecule has 0 saturated carbocycles. The van der Waals surface area contributed by atoms with E-state index in [4.69, 9.17) is 0 Å². The summed E-state index contributed by atoms with van der Waals surface area (Å²) in [5, 5.41) is 12.3. The predicted molar refractivity (Wildman–Crippen MR) is 84.9 cm³/mol. The number of carboxylic acid groups (broad SMARTS) is 1. The molecule has 2 aliphatic heterocycles. The molecule has 2 aliphatic rings. The summed E-state index contributed by atoms with van der Waals surface area (Å²) in [5.74, 6) is -0.228. The van der Waals surface area contributed by atoms with Crippen LogP contribution in [0.3, 0.4) is 0 Å². The van der Waals surface area contributed by atoms with Crippen LogP contribution in [0.2, 0.25) is 0 Å². The highest BCUT2D eigenvalue weighted by Gasteiger charge is 2.33. The lowest BCUT2D eigenvalue weighted by Gasteiger charge is -2.35. The van der Waals surface area contributed by atoms with Crippen LogP contribution in [-0.2, 0) is 4.79 Å². The number of amides is 2. The van der Waals surface area contributed by atoms with Crippen molar-refractivity contribution in [2.45, 2.75) is 24.3 Å². The number of piperidine rings is 1. The number of thioether (sulfide) groups is 1. The van der Waals surface area contributed by atoms with Gasteiger partial charge in [-0.1, -0.05) is 25.1 Å². The number of likely N-dealkylation sites (tertiary alicyclic amines) is 1. The topological polar surface area (TPSA) is 69.6 Å². The van der Waals surface area contributed by atoms with Crippen LogP contribution in [0.25, 0.3) is 0 Å². The minimum Gasteiger partial charge on any atom is -0.481 e. The summed E-state index contributed by atoms with van der Waals surface area (Å²) in [6.07, 6.45) is 0.640. The van der Waals surface area contributed by atoms with Gasteiger partial charge in [0.1, 0.15) is 0 Å². The van der Waals surface area contributed by atoms with E-state index in [1.807, 2.05) is 25.1 Å². The number of carbonyl (C=O) groups is 2. The van der Waals surface area contributed by atoms with Crippen LogP contribution >= 0.6 is 11.8 Å². The van der Waals surface area contributed by atoms with Gasteiger partial charge in [0.25, 0.3) is 0 Å². The van der Waals surface area contributed by atoms with Crippen molar-refractivity contribution in [2.24, 2.45) is 11.8 Å². The Balaban J connectivity index is 1.66. The molecule has 0 bridgehead atoms. The minimum absolute atomic E-state index is 0.00853. The van der Waals surface area contributed by atoms with Crippen LogP contribution in [-0.4, -0.2) is 40.8 Å². The average Bonchev–Trinajstić information content (AvgIpc) is 2.90. The number of benzene rings is 1. The van der Waals surface area contributed by atoms with Crippen molar-refractivity contribution in [3.8, 4) is 0 Å². The van der Waals surface area contributed by atoms with Crippen LogP contribution in [0.1, 0.15) is 24.9 Å². The van der Waals surface area contributed by atoms with Gasteiger partial charge in [0.05, 0.1) is 12.0 Å². The van der Waals surface area contributed by atoms with Crippen molar-refractivity contribution in [1.82, 2.24) is 10.2 Å². The van der Waals surface area contributed by atoms with E-state index in [2.05, 4.69) is 11.4 Å². The Labute approximate surface area is 134 Å². The summed E-state index contributed by atoms with van der Waals surface area (Å²) in [4.78, 5) is 26.6. The summed E-state index contributed by atoms with van der Waals surface area (Å²) < 4.78 is 0. The Bertz CT molecular complexity index is 593. The third-order valence-electron chi connectivity index (χ3n) is 4.29. The maximum Gasteiger partial charge on any atom is 0.317 e. The number of aliphatic carboxylic acids is 1. The van der Waals surface area contributed by atoms with E-state index in [-0.39, 0.29) is 18.0 Å². The predicted octanol–water partition coefficient (Wildman–Crippen LogP) is 2.59. The highest BCUT2D eigenvalue weighted by molar-refractivity contribution is 7.99.